The Morgan fingerprint density at radius 2 is 2.36 bits per heavy atom. The highest BCUT2D eigenvalue weighted by Gasteiger charge is 2.36. The van der Waals surface area contributed by atoms with Gasteiger partial charge in [0.1, 0.15) is 6.54 Å². The molecule has 1 N–H and O–H groups in total. The highest BCUT2D eigenvalue weighted by molar-refractivity contribution is 8.00. The van der Waals surface area contributed by atoms with E-state index in [2.05, 4.69) is 12.2 Å². The van der Waals surface area contributed by atoms with Gasteiger partial charge in [-0.25, -0.2) is 4.79 Å². The SMILES string of the molecule is CC1(CN2CC(=O)NC2=O)CCCS1. The van der Waals surface area contributed by atoms with Crippen molar-refractivity contribution in [2.24, 2.45) is 0 Å². The van der Waals surface area contributed by atoms with Crippen LogP contribution in [0.3, 0.4) is 0 Å². The first-order valence-electron chi connectivity index (χ1n) is 4.82. The smallest absolute Gasteiger partial charge is 0.314 e. The van der Waals surface area contributed by atoms with Crippen LogP contribution in [0.5, 0.6) is 0 Å². The van der Waals surface area contributed by atoms with E-state index in [-0.39, 0.29) is 23.2 Å². The average molecular weight is 214 g/mol. The number of carbonyl (C=O) groups is 2. The fourth-order valence-corrected chi connectivity index (χ4v) is 3.29. The topological polar surface area (TPSA) is 49.4 Å². The predicted molar refractivity (Wildman–Crippen MR) is 55.2 cm³/mol. The average Bonchev–Trinajstić information content (AvgIpc) is 2.61. The Labute approximate surface area is 87.4 Å². The first kappa shape index (κ1) is 9.83. The van der Waals surface area contributed by atoms with Crippen molar-refractivity contribution in [1.82, 2.24) is 10.2 Å². The summed E-state index contributed by atoms with van der Waals surface area (Å²) in [5.41, 5.74) is 0. The molecule has 0 bridgehead atoms. The van der Waals surface area contributed by atoms with Gasteiger partial charge in [0.25, 0.3) is 0 Å². The van der Waals surface area contributed by atoms with Gasteiger partial charge in [-0.05, 0) is 25.5 Å². The molecule has 2 aliphatic heterocycles. The number of thioether (sulfide) groups is 1. The zero-order valence-electron chi connectivity index (χ0n) is 8.21. The third-order valence-corrected chi connectivity index (χ3v) is 4.22. The van der Waals surface area contributed by atoms with Crippen LogP contribution in [0, 0.1) is 0 Å². The molecule has 2 rings (SSSR count). The van der Waals surface area contributed by atoms with Gasteiger partial charge in [-0.3, -0.25) is 10.1 Å². The summed E-state index contributed by atoms with van der Waals surface area (Å²) in [5.74, 6) is 0.987. The Morgan fingerprint density at radius 1 is 1.57 bits per heavy atom. The first-order chi connectivity index (χ1) is 6.59. The molecule has 0 aromatic heterocycles. The lowest BCUT2D eigenvalue weighted by molar-refractivity contribution is -0.118. The second-order valence-corrected chi connectivity index (χ2v) is 5.79. The highest BCUT2D eigenvalue weighted by atomic mass is 32.2. The number of hydrogen-bond donors (Lipinski definition) is 1. The minimum absolute atomic E-state index is 0.155. The summed E-state index contributed by atoms with van der Waals surface area (Å²) in [6.45, 7) is 3.09. The van der Waals surface area contributed by atoms with Crippen LogP contribution in [-0.2, 0) is 4.79 Å². The summed E-state index contributed by atoms with van der Waals surface area (Å²) in [6, 6.07) is -0.233. The molecule has 2 heterocycles. The van der Waals surface area contributed by atoms with Gasteiger partial charge < -0.3 is 4.90 Å². The minimum atomic E-state index is -0.233. The summed E-state index contributed by atoms with van der Waals surface area (Å²) in [4.78, 5) is 23.9. The lowest BCUT2D eigenvalue weighted by Gasteiger charge is -2.27. The quantitative estimate of drug-likeness (QED) is 0.692. The van der Waals surface area contributed by atoms with Crippen LogP contribution in [0.15, 0.2) is 0 Å². The van der Waals surface area contributed by atoms with Gasteiger partial charge in [-0.2, -0.15) is 11.8 Å². The third-order valence-electron chi connectivity index (χ3n) is 2.69. The Morgan fingerprint density at radius 3 is 2.86 bits per heavy atom. The van der Waals surface area contributed by atoms with Gasteiger partial charge in [0.05, 0.1) is 0 Å². The second-order valence-electron chi connectivity index (χ2n) is 4.11. The minimum Gasteiger partial charge on any atom is -0.314 e. The zero-order valence-corrected chi connectivity index (χ0v) is 9.02. The van der Waals surface area contributed by atoms with Crippen molar-refractivity contribution in [3.8, 4) is 0 Å². The molecule has 0 saturated carbocycles. The molecule has 78 valence electrons. The fraction of sp³-hybridized carbons (Fsp3) is 0.778. The lowest BCUT2D eigenvalue weighted by atomic mass is 10.1. The summed E-state index contributed by atoms with van der Waals surface area (Å²) < 4.78 is 0.155. The van der Waals surface area contributed by atoms with Crippen LogP contribution in [0.4, 0.5) is 4.79 Å². The molecule has 2 saturated heterocycles. The number of nitrogens with zero attached hydrogens (tertiary/aromatic N) is 1. The Hall–Kier alpha value is -0.710. The van der Waals surface area contributed by atoms with Crippen molar-refractivity contribution in [3.05, 3.63) is 0 Å². The van der Waals surface area contributed by atoms with E-state index in [4.69, 9.17) is 0 Å². The van der Waals surface area contributed by atoms with Crippen LogP contribution in [-0.4, -0.2) is 40.4 Å². The molecule has 0 aromatic carbocycles. The third kappa shape index (κ3) is 1.87. The number of carbonyl (C=O) groups excluding carboxylic acids is 2. The van der Waals surface area contributed by atoms with Gasteiger partial charge >= 0.3 is 6.03 Å². The van der Waals surface area contributed by atoms with Crippen LogP contribution < -0.4 is 5.32 Å². The molecule has 5 heteroatoms. The summed E-state index contributed by atoms with van der Waals surface area (Å²) >= 11 is 1.90. The van der Waals surface area contributed by atoms with Crippen LogP contribution in [0.1, 0.15) is 19.8 Å². The van der Waals surface area contributed by atoms with Crippen molar-refractivity contribution in [3.63, 3.8) is 0 Å². The zero-order chi connectivity index (χ0) is 10.2. The maximum Gasteiger partial charge on any atom is 0.324 e. The van der Waals surface area contributed by atoms with E-state index < -0.39 is 0 Å². The van der Waals surface area contributed by atoms with Crippen molar-refractivity contribution in [2.45, 2.75) is 24.5 Å². The van der Waals surface area contributed by atoms with Gasteiger partial charge in [0.15, 0.2) is 0 Å². The van der Waals surface area contributed by atoms with E-state index in [1.165, 1.54) is 12.2 Å². The van der Waals surface area contributed by atoms with Gasteiger partial charge in [0, 0.05) is 11.3 Å². The molecule has 0 radical (unpaired) electrons. The van der Waals surface area contributed by atoms with Gasteiger partial charge in [-0.15, -0.1) is 0 Å². The molecule has 1 atom stereocenters. The van der Waals surface area contributed by atoms with Gasteiger partial charge in [0.2, 0.25) is 5.91 Å². The molecule has 0 aliphatic carbocycles. The molecule has 2 fully saturated rings. The first-order valence-corrected chi connectivity index (χ1v) is 5.80. The standard InChI is InChI=1S/C9H14N2O2S/c1-9(3-2-4-14-9)6-11-5-7(12)10-8(11)13/h2-6H2,1H3,(H,10,12,13). The summed E-state index contributed by atoms with van der Waals surface area (Å²) in [6.07, 6.45) is 2.35. The number of nitrogens with one attached hydrogen (secondary N) is 1. The Bertz CT molecular complexity index is 274. The molecule has 1 unspecified atom stereocenters. The highest BCUT2D eigenvalue weighted by Crippen LogP contribution is 2.38. The number of rotatable bonds is 2. The van der Waals surface area contributed by atoms with Crippen LogP contribution in [0.25, 0.3) is 0 Å². The molecule has 4 nitrogen and oxygen atoms in total. The molecule has 0 spiro atoms. The normalized spacial score (nSPS) is 32.5. The lowest BCUT2D eigenvalue weighted by Crippen LogP contribution is -2.39. The summed E-state index contributed by atoms with van der Waals surface area (Å²) in [7, 11) is 0. The molecular weight excluding hydrogens is 200 g/mol. The molecule has 3 amide bonds. The van der Waals surface area contributed by atoms with E-state index in [1.807, 2.05) is 11.8 Å². The molecule has 14 heavy (non-hydrogen) atoms. The second kappa shape index (κ2) is 3.46. The maximum absolute atomic E-state index is 11.3. The van der Waals surface area contributed by atoms with Gasteiger partial charge in [-0.1, -0.05) is 0 Å². The largest absolute Gasteiger partial charge is 0.324 e. The Balaban J connectivity index is 1.97. The van der Waals surface area contributed by atoms with E-state index in [0.717, 1.165) is 6.42 Å². The van der Waals surface area contributed by atoms with E-state index in [9.17, 15) is 9.59 Å². The van der Waals surface area contributed by atoms with Crippen LogP contribution in [0.2, 0.25) is 0 Å². The molecule has 2 aliphatic rings. The van der Waals surface area contributed by atoms with E-state index >= 15 is 0 Å². The van der Waals surface area contributed by atoms with E-state index in [1.54, 1.807) is 4.90 Å². The van der Waals surface area contributed by atoms with Crippen molar-refractivity contribution >= 4 is 23.7 Å². The van der Waals surface area contributed by atoms with E-state index in [0.29, 0.717) is 6.54 Å². The van der Waals surface area contributed by atoms with Crippen molar-refractivity contribution in [1.29, 1.82) is 0 Å². The molecular formula is C9H14N2O2S. The Kier molecular flexibility index (Phi) is 2.43. The maximum atomic E-state index is 11.3. The van der Waals surface area contributed by atoms with Crippen molar-refractivity contribution < 1.29 is 9.59 Å². The number of hydrogen-bond acceptors (Lipinski definition) is 3. The predicted octanol–water partition coefficient (Wildman–Crippen LogP) is 0.824. The summed E-state index contributed by atoms with van der Waals surface area (Å²) in [5, 5.41) is 2.30. The number of imide groups is 1. The van der Waals surface area contributed by atoms with Crippen LogP contribution >= 0.6 is 11.8 Å². The number of urea groups is 1. The fourth-order valence-electron chi connectivity index (χ4n) is 1.98. The molecule has 0 aromatic rings. The van der Waals surface area contributed by atoms with Crippen molar-refractivity contribution in [2.75, 3.05) is 18.8 Å². The monoisotopic (exact) mass is 214 g/mol. The number of amides is 3.